The van der Waals surface area contributed by atoms with Crippen molar-refractivity contribution in [1.29, 1.82) is 0 Å². The second-order valence-corrected chi connectivity index (χ2v) is 6.39. The van der Waals surface area contributed by atoms with E-state index in [2.05, 4.69) is 23.9 Å². The Bertz CT molecular complexity index is 344. The van der Waals surface area contributed by atoms with Crippen molar-refractivity contribution in [3.05, 3.63) is 12.2 Å². The van der Waals surface area contributed by atoms with E-state index < -0.39 is 0 Å². The maximum Gasteiger partial charge on any atom is 0.138 e. The van der Waals surface area contributed by atoms with Crippen LogP contribution in [0.5, 0.6) is 0 Å². The normalized spacial score (nSPS) is 22.2. The quantitative estimate of drug-likeness (QED) is 0.866. The molecule has 4 nitrogen and oxygen atoms in total. The van der Waals surface area contributed by atoms with Gasteiger partial charge in [0.15, 0.2) is 0 Å². The zero-order valence-electron chi connectivity index (χ0n) is 10.7. The van der Waals surface area contributed by atoms with Gasteiger partial charge < -0.3 is 5.73 Å². The summed E-state index contributed by atoms with van der Waals surface area (Å²) in [6, 6.07) is 0.236. The molecule has 2 heterocycles. The highest BCUT2D eigenvalue weighted by Crippen LogP contribution is 2.26. The first kappa shape index (κ1) is 12.9. The summed E-state index contributed by atoms with van der Waals surface area (Å²) in [5.41, 5.74) is 6.28. The Labute approximate surface area is 107 Å². The Morgan fingerprint density at radius 3 is 3.06 bits per heavy atom. The van der Waals surface area contributed by atoms with Crippen LogP contribution in [-0.2, 0) is 13.0 Å². The summed E-state index contributed by atoms with van der Waals surface area (Å²) in [5, 5.41) is 4.28. The standard InChI is InChI=1S/C12H22N4S/c1-9(2)6-16-12(14-8-15-16)5-11(13)10-3-4-17-7-10/h8-11H,3-7,13H2,1-2H3. The van der Waals surface area contributed by atoms with Crippen molar-refractivity contribution >= 4 is 11.8 Å². The number of hydrogen-bond donors (Lipinski definition) is 1. The maximum absolute atomic E-state index is 6.28. The van der Waals surface area contributed by atoms with Gasteiger partial charge in [-0.05, 0) is 29.8 Å². The number of hydrogen-bond acceptors (Lipinski definition) is 4. The molecule has 0 bridgehead atoms. The monoisotopic (exact) mass is 254 g/mol. The van der Waals surface area contributed by atoms with E-state index in [4.69, 9.17) is 5.73 Å². The highest BCUT2D eigenvalue weighted by Gasteiger charge is 2.24. The molecule has 0 saturated carbocycles. The molecule has 1 fully saturated rings. The van der Waals surface area contributed by atoms with Crippen LogP contribution in [-0.4, -0.2) is 32.3 Å². The van der Waals surface area contributed by atoms with Gasteiger partial charge in [-0.25, -0.2) is 9.67 Å². The molecule has 0 spiro atoms. The summed E-state index contributed by atoms with van der Waals surface area (Å²) in [6.07, 6.45) is 3.76. The molecule has 5 heteroatoms. The average Bonchev–Trinajstić information content (AvgIpc) is 2.89. The van der Waals surface area contributed by atoms with Crippen molar-refractivity contribution in [2.75, 3.05) is 11.5 Å². The minimum absolute atomic E-state index is 0.236. The van der Waals surface area contributed by atoms with Gasteiger partial charge in [0.25, 0.3) is 0 Å². The van der Waals surface area contributed by atoms with E-state index >= 15 is 0 Å². The topological polar surface area (TPSA) is 56.7 Å². The van der Waals surface area contributed by atoms with Crippen LogP contribution >= 0.6 is 11.8 Å². The summed E-state index contributed by atoms with van der Waals surface area (Å²) in [7, 11) is 0. The van der Waals surface area contributed by atoms with Crippen molar-refractivity contribution < 1.29 is 0 Å². The lowest BCUT2D eigenvalue weighted by atomic mass is 9.97. The van der Waals surface area contributed by atoms with E-state index in [9.17, 15) is 0 Å². The third kappa shape index (κ3) is 3.45. The number of aromatic nitrogens is 3. The fourth-order valence-corrected chi connectivity index (χ4v) is 3.57. The van der Waals surface area contributed by atoms with Gasteiger partial charge in [0.05, 0.1) is 0 Å². The molecular weight excluding hydrogens is 232 g/mol. The largest absolute Gasteiger partial charge is 0.327 e. The summed E-state index contributed by atoms with van der Waals surface area (Å²) in [4.78, 5) is 4.35. The van der Waals surface area contributed by atoms with E-state index in [0.717, 1.165) is 18.8 Å². The zero-order valence-corrected chi connectivity index (χ0v) is 11.5. The lowest BCUT2D eigenvalue weighted by Crippen LogP contribution is -2.33. The second-order valence-electron chi connectivity index (χ2n) is 5.24. The van der Waals surface area contributed by atoms with Gasteiger partial charge in [-0.1, -0.05) is 13.8 Å². The van der Waals surface area contributed by atoms with Crippen LogP contribution in [0.3, 0.4) is 0 Å². The van der Waals surface area contributed by atoms with Gasteiger partial charge in [0, 0.05) is 19.0 Å². The van der Waals surface area contributed by atoms with Gasteiger partial charge in [-0.15, -0.1) is 0 Å². The lowest BCUT2D eigenvalue weighted by Gasteiger charge is -2.18. The predicted molar refractivity (Wildman–Crippen MR) is 72.0 cm³/mol. The molecule has 1 aromatic rings. The summed E-state index contributed by atoms with van der Waals surface area (Å²) >= 11 is 2.02. The van der Waals surface area contributed by atoms with Crippen molar-refractivity contribution in [3.63, 3.8) is 0 Å². The summed E-state index contributed by atoms with van der Waals surface area (Å²) < 4.78 is 2.01. The van der Waals surface area contributed by atoms with Crippen LogP contribution in [0.2, 0.25) is 0 Å². The molecule has 1 aliphatic rings. The Balaban J connectivity index is 1.95. The highest BCUT2D eigenvalue weighted by atomic mass is 32.2. The molecule has 0 radical (unpaired) electrons. The molecule has 0 aromatic carbocycles. The van der Waals surface area contributed by atoms with Crippen molar-refractivity contribution in [2.24, 2.45) is 17.6 Å². The third-order valence-electron chi connectivity index (χ3n) is 3.22. The van der Waals surface area contributed by atoms with E-state index in [1.54, 1.807) is 6.33 Å². The molecule has 2 rings (SSSR count). The smallest absolute Gasteiger partial charge is 0.138 e. The number of nitrogens with two attached hydrogens (primary N) is 1. The van der Waals surface area contributed by atoms with Gasteiger partial charge in [0.2, 0.25) is 0 Å². The third-order valence-corrected chi connectivity index (χ3v) is 4.41. The Kier molecular flexibility index (Phi) is 4.45. The first-order chi connectivity index (χ1) is 8.16. The molecule has 1 saturated heterocycles. The molecular formula is C12H22N4S. The van der Waals surface area contributed by atoms with Crippen LogP contribution in [0.4, 0.5) is 0 Å². The number of nitrogens with zero attached hydrogens (tertiary/aromatic N) is 3. The van der Waals surface area contributed by atoms with Crippen molar-refractivity contribution in [1.82, 2.24) is 14.8 Å². The first-order valence-electron chi connectivity index (χ1n) is 6.37. The molecule has 0 aliphatic carbocycles. The van der Waals surface area contributed by atoms with Crippen molar-refractivity contribution in [3.8, 4) is 0 Å². The summed E-state index contributed by atoms with van der Waals surface area (Å²) in [5.74, 6) is 4.76. The number of rotatable bonds is 5. The van der Waals surface area contributed by atoms with Crippen molar-refractivity contribution in [2.45, 2.75) is 39.3 Å². The van der Waals surface area contributed by atoms with Crippen LogP contribution in [0.1, 0.15) is 26.1 Å². The van der Waals surface area contributed by atoms with Crippen LogP contribution in [0.25, 0.3) is 0 Å². The van der Waals surface area contributed by atoms with Crippen LogP contribution in [0.15, 0.2) is 6.33 Å². The molecule has 96 valence electrons. The molecule has 1 aromatic heterocycles. The molecule has 2 N–H and O–H groups in total. The van der Waals surface area contributed by atoms with Gasteiger partial charge in [-0.2, -0.15) is 16.9 Å². The molecule has 17 heavy (non-hydrogen) atoms. The SMILES string of the molecule is CC(C)Cn1ncnc1CC(N)C1CCSC1. The van der Waals surface area contributed by atoms with E-state index in [0.29, 0.717) is 11.8 Å². The molecule has 2 atom stereocenters. The van der Waals surface area contributed by atoms with E-state index in [1.807, 2.05) is 16.4 Å². The van der Waals surface area contributed by atoms with Crippen LogP contribution < -0.4 is 5.73 Å². The highest BCUT2D eigenvalue weighted by molar-refractivity contribution is 7.99. The Morgan fingerprint density at radius 1 is 1.59 bits per heavy atom. The fraction of sp³-hybridized carbons (Fsp3) is 0.833. The maximum atomic E-state index is 6.28. The minimum Gasteiger partial charge on any atom is -0.327 e. The lowest BCUT2D eigenvalue weighted by molar-refractivity contribution is 0.421. The molecule has 0 amide bonds. The Morgan fingerprint density at radius 2 is 2.41 bits per heavy atom. The number of thioether (sulfide) groups is 1. The minimum atomic E-state index is 0.236. The first-order valence-corrected chi connectivity index (χ1v) is 7.52. The molecule has 1 aliphatic heterocycles. The van der Waals surface area contributed by atoms with E-state index in [1.165, 1.54) is 17.9 Å². The predicted octanol–water partition coefficient (Wildman–Crippen LogP) is 1.56. The van der Waals surface area contributed by atoms with Crippen LogP contribution in [0, 0.1) is 11.8 Å². The van der Waals surface area contributed by atoms with Gasteiger partial charge >= 0.3 is 0 Å². The van der Waals surface area contributed by atoms with Gasteiger partial charge in [-0.3, -0.25) is 0 Å². The summed E-state index contributed by atoms with van der Waals surface area (Å²) in [6.45, 7) is 5.32. The fourth-order valence-electron chi connectivity index (χ4n) is 2.21. The zero-order chi connectivity index (χ0) is 12.3. The Hall–Kier alpha value is -0.550. The average molecular weight is 254 g/mol. The molecule has 2 unspecified atom stereocenters. The second kappa shape index (κ2) is 5.87. The van der Waals surface area contributed by atoms with Gasteiger partial charge in [0.1, 0.15) is 12.2 Å². The van der Waals surface area contributed by atoms with E-state index in [-0.39, 0.29) is 6.04 Å².